The Kier molecular flexibility index (Phi) is 5.44. The van der Waals surface area contributed by atoms with Crippen LogP contribution in [-0.2, 0) is 0 Å². The maximum atomic E-state index is 12.1. The molecule has 0 spiro atoms. The first-order valence-electron chi connectivity index (χ1n) is 8.08. The summed E-state index contributed by atoms with van der Waals surface area (Å²) in [6, 6.07) is 3.13. The summed E-state index contributed by atoms with van der Waals surface area (Å²) in [7, 11) is 0. The third kappa shape index (κ3) is 4.24. The molecule has 2 amide bonds. The predicted octanol–water partition coefficient (Wildman–Crippen LogP) is 3.28. The number of rotatable bonds is 6. The van der Waals surface area contributed by atoms with E-state index in [2.05, 4.69) is 50.0 Å². The standard InChI is InChI=1S/C16H19N7OS/c1-2-3-4-9-23(25)16(24)22-13-6-5-11-15(21-13)20-12(10-19-11)14-17-7-8-18-14/h5-8,10,25H,2-4,9H2,1H3,(H,17,18)(H,20,21,22,24). The molecule has 0 bridgehead atoms. The summed E-state index contributed by atoms with van der Waals surface area (Å²) >= 11 is 4.21. The van der Waals surface area contributed by atoms with Gasteiger partial charge in [-0.15, -0.1) is 0 Å². The van der Waals surface area contributed by atoms with Crippen LogP contribution in [0.5, 0.6) is 0 Å². The van der Waals surface area contributed by atoms with Crippen LogP contribution in [0.2, 0.25) is 0 Å². The molecule has 25 heavy (non-hydrogen) atoms. The number of carbonyl (C=O) groups is 1. The quantitative estimate of drug-likeness (QED) is 0.464. The van der Waals surface area contributed by atoms with Crippen LogP contribution >= 0.6 is 12.8 Å². The Balaban J connectivity index is 1.75. The molecule has 0 aliphatic heterocycles. The van der Waals surface area contributed by atoms with Crippen LogP contribution in [0.3, 0.4) is 0 Å². The van der Waals surface area contributed by atoms with Crippen molar-refractivity contribution in [2.75, 3.05) is 11.9 Å². The van der Waals surface area contributed by atoms with Crippen molar-refractivity contribution in [1.82, 2.24) is 29.2 Å². The Bertz CT molecular complexity index is 853. The number of amides is 2. The Morgan fingerprint density at radius 2 is 2.16 bits per heavy atom. The number of pyridine rings is 1. The normalized spacial score (nSPS) is 10.8. The average Bonchev–Trinajstić information content (AvgIpc) is 3.16. The number of hydrogen-bond donors (Lipinski definition) is 3. The second kappa shape index (κ2) is 7.93. The summed E-state index contributed by atoms with van der Waals surface area (Å²) in [6.07, 6.45) is 8.05. The number of H-pyrrole nitrogens is 1. The van der Waals surface area contributed by atoms with Crippen molar-refractivity contribution in [2.24, 2.45) is 0 Å². The second-order valence-electron chi connectivity index (χ2n) is 5.49. The van der Waals surface area contributed by atoms with Gasteiger partial charge >= 0.3 is 6.03 Å². The Morgan fingerprint density at radius 3 is 2.92 bits per heavy atom. The Hall–Kier alpha value is -2.68. The zero-order valence-electron chi connectivity index (χ0n) is 13.8. The van der Waals surface area contributed by atoms with Crippen molar-refractivity contribution in [3.8, 4) is 11.5 Å². The third-order valence-corrected chi connectivity index (χ3v) is 3.97. The van der Waals surface area contributed by atoms with Gasteiger partial charge < -0.3 is 4.98 Å². The molecule has 2 N–H and O–H groups in total. The fourth-order valence-corrected chi connectivity index (χ4v) is 2.47. The minimum atomic E-state index is -0.318. The van der Waals surface area contributed by atoms with E-state index >= 15 is 0 Å². The van der Waals surface area contributed by atoms with E-state index in [0.717, 1.165) is 19.3 Å². The topological polar surface area (TPSA) is 99.7 Å². The van der Waals surface area contributed by atoms with E-state index in [-0.39, 0.29) is 6.03 Å². The lowest BCUT2D eigenvalue weighted by atomic mass is 10.2. The molecule has 0 aliphatic rings. The Labute approximate surface area is 150 Å². The lowest BCUT2D eigenvalue weighted by molar-refractivity contribution is 0.238. The highest BCUT2D eigenvalue weighted by Crippen LogP contribution is 2.16. The molecule has 0 atom stereocenters. The summed E-state index contributed by atoms with van der Waals surface area (Å²) < 4.78 is 1.35. The van der Waals surface area contributed by atoms with E-state index in [9.17, 15) is 4.79 Å². The summed E-state index contributed by atoms with van der Waals surface area (Å²) in [5, 5.41) is 2.72. The van der Waals surface area contributed by atoms with E-state index in [4.69, 9.17) is 0 Å². The first kappa shape index (κ1) is 17.2. The largest absolute Gasteiger partial charge is 0.343 e. The van der Waals surface area contributed by atoms with Gasteiger partial charge in [0.25, 0.3) is 0 Å². The summed E-state index contributed by atoms with van der Waals surface area (Å²) in [4.78, 5) is 32.4. The number of fused-ring (bicyclic) bond motifs is 1. The molecule has 9 heteroatoms. The first-order valence-corrected chi connectivity index (χ1v) is 8.48. The van der Waals surface area contributed by atoms with Gasteiger partial charge in [0, 0.05) is 18.9 Å². The average molecular weight is 357 g/mol. The highest BCUT2D eigenvalue weighted by atomic mass is 32.1. The van der Waals surface area contributed by atoms with Crippen molar-refractivity contribution in [3.05, 3.63) is 30.7 Å². The SMILES string of the molecule is CCCCCN(S)C(=O)Nc1ccc2ncc(-c3ncc[nH]3)nc2n1. The molecule has 0 radical (unpaired) electrons. The molecular weight excluding hydrogens is 338 g/mol. The van der Waals surface area contributed by atoms with Gasteiger partial charge in [-0.25, -0.2) is 19.7 Å². The van der Waals surface area contributed by atoms with Gasteiger partial charge in [-0.05, 0) is 18.6 Å². The molecular formula is C16H19N7OS. The lowest BCUT2D eigenvalue weighted by Crippen LogP contribution is -2.28. The van der Waals surface area contributed by atoms with Gasteiger partial charge in [0.15, 0.2) is 11.5 Å². The smallest absolute Gasteiger partial charge is 0.332 e. The van der Waals surface area contributed by atoms with Gasteiger partial charge in [0.1, 0.15) is 17.0 Å². The molecule has 3 aromatic rings. The monoisotopic (exact) mass is 357 g/mol. The number of anilines is 1. The highest BCUT2D eigenvalue weighted by Gasteiger charge is 2.11. The van der Waals surface area contributed by atoms with Crippen LogP contribution in [0.25, 0.3) is 22.7 Å². The van der Waals surface area contributed by atoms with E-state index in [1.807, 2.05) is 0 Å². The number of nitrogens with zero attached hydrogens (tertiary/aromatic N) is 5. The molecule has 0 unspecified atom stereocenters. The van der Waals surface area contributed by atoms with Gasteiger partial charge in [0.2, 0.25) is 0 Å². The minimum Gasteiger partial charge on any atom is -0.343 e. The Morgan fingerprint density at radius 1 is 1.28 bits per heavy atom. The second-order valence-corrected chi connectivity index (χ2v) is 5.98. The molecule has 0 saturated carbocycles. The summed E-state index contributed by atoms with van der Waals surface area (Å²) in [5.41, 5.74) is 1.66. The zero-order valence-corrected chi connectivity index (χ0v) is 14.7. The molecule has 3 heterocycles. The fraction of sp³-hybridized carbons (Fsp3) is 0.312. The fourth-order valence-electron chi connectivity index (χ4n) is 2.27. The van der Waals surface area contributed by atoms with E-state index in [1.54, 1.807) is 30.7 Å². The number of unbranched alkanes of at least 4 members (excludes halogenated alkanes) is 2. The zero-order chi connectivity index (χ0) is 17.6. The molecule has 3 rings (SSSR count). The van der Waals surface area contributed by atoms with Crippen LogP contribution in [0.4, 0.5) is 10.6 Å². The van der Waals surface area contributed by atoms with Gasteiger partial charge in [-0.1, -0.05) is 32.6 Å². The van der Waals surface area contributed by atoms with Crippen LogP contribution in [0, 0.1) is 0 Å². The van der Waals surface area contributed by atoms with Crippen LogP contribution in [-0.4, -0.2) is 41.8 Å². The van der Waals surface area contributed by atoms with Crippen molar-refractivity contribution in [1.29, 1.82) is 0 Å². The molecule has 8 nitrogen and oxygen atoms in total. The van der Waals surface area contributed by atoms with Crippen LogP contribution < -0.4 is 5.32 Å². The number of aromatic nitrogens is 5. The number of nitrogens with one attached hydrogen (secondary N) is 2. The number of imidazole rings is 1. The molecule has 130 valence electrons. The molecule has 3 aromatic heterocycles. The van der Waals surface area contributed by atoms with E-state index in [1.165, 1.54) is 4.31 Å². The van der Waals surface area contributed by atoms with Crippen molar-refractivity contribution < 1.29 is 4.79 Å². The van der Waals surface area contributed by atoms with Crippen LogP contribution in [0.1, 0.15) is 26.2 Å². The van der Waals surface area contributed by atoms with Crippen molar-refractivity contribution in [3.63, 3.8) is 0 Å². The molecule has 0 aromatic carbocycles. The van der Waals surface area contributed by atoms with Crippen molar-refractivity contribution in [2.45, 2.75) is 26.2 Å². The summed E-state index contributed by atoms with van der Waals surface area (Å²) in [6.45, 7) is 2.69. The van der Waals surface area contributed by atoms with Crippen molar-refractivity contribution >= 4 is 35.8 Å². The molecule has 0 saturated heterocycles. The lowest BCUT2D eigenvalue weighted by Gasteiger charge is -2.15. The summed E-state index contributed by atoms with van der Waals surface area (Å²) in [5.74, 6) is 1.01. The number of aromatic amines is 1. The van der Waals surface area contributed by atoms with E-state index < -0.39 is 0 Å². The van der Waals surface area contributed by atoms with E-state index in [0.29, 0.717) is 35.0 Å². The maximum absolute atomic E-state index is 12.1. The predicted molar refractivity (Wildman–Crippen MR) is 99.2 cm³/mol. The van der Waals surface area contributed by atoms with Gasteiger partial charge in [-0.3, -0.25) is 14.6 Å². The first-order chi connectivity index (χ1) is 12.2. The number of thiol groups is 1. The molecule has 0 fully saturated rings. The van der Waals surface area contributed by atoms with Crippen LogP contribution in [0.15, 0.2) is 30.7 Å². The highest BCUT2D eigenvalue weighted by molar-refractivity contribution is 7.78. The molecule has 0 aliphatic carbocycles. The third-order valence-electron chi connectivity index (χ3n) is 3.59. The number of carbonyl (C=O) groups excluding carboxylic acids is 1. The number of hydrogen-bond acceptors (Lipinski definition) is 6. The van der Waals surface area contributed by atoms with Gasteiger partial charge in [-0.2, -0.15) is 0 Å². The maximum Gasteiger partial charge on any atom is 0.332 e. The van der Waals surface area contributed by atoms with Gasteiger partial charge in [0.05, 0.1) is 6.20 Å². The minimum absolute atomic E-state index is 0.318. The number of urea groups is 1.